The Kier molecular flexibility index (Phi) is 8.17. The van der Waals surface area contributed by atoms with Gasteiger partial charge in [-0.2, -0.15) is 17.7 Å². The minimum atomic E-state index is -0.333. The highest BCUT2D eigenvalue weighted by atomic mass is 32.1. The van der Waals surface area contributed by atoms with Crippen molar-refractivity contribution in [2.45, 2.75) is 68.9 Å². The number of carbonyl (C=O) groups is 3. The average Bonchev–Trinajstić information content (AvgIpc) is 3.57. The number of carbonyl (C=O) groups excluding carboxylic acids is 3. The van der Waals surface area contributed by atoms with Crippen molar-refractivity contribution in [2.75, 3.05) is 36.4 Å². The molecular formula is C33H39N7O3S. The summed E-state index contributed by atoms with van der Waals surface area (Å²) in [7, 11) is 0. The van der Waals surface area contributed by atoms with Crippen molar-refractivity contribution in [3.8, 4) is 0 Å². The van der Waals surface area contributed by atoms with Gasteiger partial charge < -0.3 is 10.2 Å². The molecule has 2 atom stereocenters. The Balaban J connectivity index is 0.908. The summed E-state index contributed by atoms with van der Waals surface area (Å²) in [5.41, 5.74) is 6.96. The van der Waals surface area contributed by atoms with Crippen molar-refractivity contribution in [1.82, 2.24) is 25.3 Å². The summed E-state index contributed by atoms with van der Waals surface area (Å²) < 4.78 is 0. The molecule has 3 fully saturated rings. The standard InChI is InChI=1S/C33H39N7O3S/c41-30-12-11-28(32(43)35-30)40-20-26-23(5-2-6-25(26)33(40)44)19-38-13-15-39(16-14-38)24-9-7-21(8-10-24)17-31(42)34-29-18-27(36-37-29)22-3-1-4-22/h2,5-10,18,22,28,33,44H,1,3-4,11-17,19-20H2,(H,35,41,43)(H2,34,36,37,42). The fraction of sp³-hybridized carbons (Fsp3) is 0.455. The van der Waals surface area contributed by atoms with E-state index in [0.29, 0.717) is 37.5 Å². The minimum Gasteiger partial charge on any atom is -0.369 e. The Bertz CT molecular complexity index is 1540. The van der Waals surface area contributed by atoms with Crippen molar-refractivity contribution in [2.24, 2.45) is 0 Å². The van der Waals surface area contributed by atoms with Crippen LogP contribution in [-0.4, -0.2) is 69.9 Å². The van der Waals surface area contributed by atoms with Gasteiger partial charge in [-0.15, -0.1) is 0 Å². The molecule has 2 unspecified atom stereocenters. The number of fused-ring (bicyclic) bond motifs is 1. The van der Waals surface area contributed by atoms with Crippen LogP contribution in [0, 0.1) is 0 Å². The second-order valence-electron chi connectivity index (χ2n) is 12.5. The summed E-state index contributed by atoms with van der Waals surface area (Å²) in [5, 5.41) is 12.6. The van der Waals surface area contributed by atoms with Crippen LogP contribution in [0.25, 0.3) is 0 Å². The maximum atomic E-state index is 12.6. The monoisotopic (exact) mass is 613 g/mol. The summed E-state index contributed by atoms with van der Waals surface area (Å²) in [6.07, 6.45) is 4.86. The SMILES string of the molecule is O=C1CCC(N2Cc3c(CN4CCN(c5ccc(CC(=O)Nc6cc(C7CCC7)[nH]n6)cc5)CC4)cccc3C2S)C(=O)N1. The smallest absolute Gasteiger partial charge is 0.243 e. The molecule has 0 radical (unpaired) electrons. The third kappa shape index (κ3) is 6.00. The third-order valence-corrected chi connectivity index (χ3v) is 10.3. The van der Waals surface area contributed by atoms with E-state index >= 15 is 0 Å². The number of rotatable bonds is 8. The number of imide groups is 1. The number of piperidine rings is 1. The highest BCUT2D eigenvalue weighted by Crippen LogP contribution is 2.41. The van der Waals surface area contributed by atoms with Crippen molar-refractivity contribution < 1.29 is 14.4 Å². The number of amides is 3. The van der Waals surface area contributed by atoms with E-state index in [9.17, 15) is 14.4 Å². The zero-order valence-corrected chi connectivity index (χ0v) is 25.7. The highest BCUT2D eigenvalue weighted by molar-refractivity contribution is 7.80. The van der Waals surface area contributed by atoms with Gasteiger partial charge in [0.25, 0.3) is 0 Å². The molecule has 0 bridgehead atoms. The summed E-state index contributed by atoms with van der Waals surface area (Å²) in [6, 6.07) is 16.3. The molecule has 10 nitrogen and oxygen atoms in total. The van der Waals surface area contributed by atoms with Crippen molar-refractivity contribution in [3.63, 3.8) is 0 Å². The molecule has 3 amide bonds. The Morgan fingerprint density at radius 1 is 1.02 bits per heavy atom. The molecule has 1 aromatic heterocycles. The lowest BCUT2D eigenvalue weighted by atomic mass is 9.83. The van der Waals surface area contributed by atoms with Crippen LogP contribution in [-0.2, 0) is 33.9 Å². The molecule has 44 heavy (non-hydrogen) atoms. The van der Waals surface area contributed by atoms with E-state index in [1.165, 1.54) is 36.1 Å². The van der Waals surface area contributed by atoms with Crippen LogP contribution in [0.4, 0.5) is 11.5 Å². The topological polar surface area (TPSA) is 114 Å². The fourth-order valence-corrected chi connectivity index (χ4v) is 7.38. The van der Waals surface area contributed by atoms with Crippen LogP contribution in [0.5, 0.6) is 0 Å². The number of nitrogens with one attached hydrogen (secondary N) is 3. The first-order chi connectivity index (χ1) is 21.4. The number of piperazine rings is 1. The molecule has 11 heteroatoms. The zero-order chi connectivity index (χ0) is 30.2. The summed E-state index contributed by atoms with van der Waals surface area (Å²) in [6.45, 7) is 5.26. The van der Waals surface area contributed by atoms with Gasteiger partial charge >= 0.3 is 0 Å². The number of hydrogen-bond acceptors (Lipinski definition) is 8. The van der Waals surface area contributed by atoms with E-state index in [2.05, 4.69) is 65.9 Å². The fourth-order valence-electron chi connectivity index (χ4n) is 6.90. The lowest BCUT2D eigenvalue weighted by molar-refractivity contribution is -0.137. The minimum absolute atomic E-state index is 0.0603. The van der Waals surface area contributed by atoms with Gasteiger partial charge in [-0.1, -0.05) is 36.8 Å². The zero-order valence-electron chi connectivity index (χ0n) is 24.8. The molecule has 2 saturated heterocycles. The molecule has 3 aromatic rings. The van der Waals surface area contributed by atoms with Crippen LogP contribution in [0.3, 0.4) is 0 Å². The number of anilines is 2. The van der Waals surface area contributed by atoms with E-state index in [-0.39, 0.29) is 29.1 Å². The first-order valence-corrected chi connectivity index (χ1v) is 16.2. The summed E-state index contributed by atoms with van der Waals surface area (Å²) >= 11 is 4.88. The average molecular weight is 614 g/mol. The number of aromatic amines is 1. The van der Waals surface area contributed by atoms with Crippen LogP contribution in [0.1, 0.15) is 71.3 Å². The highest BCUT2D eigenvalue weighted by Gasteiger charge is 2.39. The Labute approximate surface area is 263 Å². The van der Waals surface area contributed by atoms with E-state index in [1.807, 2.05) is 18.2 Å². The van der Waals surface area contributed by atoms with Gasteiger partial charge in [0.15, 0.2) is 5.82 Å². The predicted molar refractivity (Wildman–Crippen MR) is 171 cm³/mol. The van der Waals surface area contributed by atoms with Gasteiger partial charge in [-0.05, 0) is 53.6 Å². The molecule has 0 spiro atoms. The number of nitrogens with zero attached hydrogens (tertiary/aromatic N) is 4. The molecule has 4 aliphatic rings. The summed E-state index contributed by atoms with van der Waals surface area (Å²) in [5.74, 6) is 0.688. The second kappa shape index (κ2) is 12.4. The van der Waals surface area contributed by atoms with Gasteiger partial charge in [0.05, 0.1) is 17.8 Å². The van der Waals surface area contributed by atoms with E-state index in [0.717, 1.165) is 49.5 Å². The lowest BCUT2D eigenvalue weighted by Gasteiger charge is -2.36. The van der Waals surface area contributed by atoms with E-state index in [1.54, 1.807) is 0 Å². The van der Waals surface area contributed by atoms with Crippen LogP contribution < -0.4 is 15.5 Å². The molecule has 4 heterocycles. The molecular weight excluding hydrogens is 574 g/mol. The Morgan fingerprint density at radius 3 is 2.55 bits per heavy atom. The van der Waals surface area contributed by atoms with Gasteiger partial charge in [-0.25, -0.2) is 0 Å². The number of benzene rings is 2. The van der Waals surface area contributed by atoms with Gasteiger partial charge in [0, 0.05) is 69.1 Å². The predicted octanol–water partition coefficient (Wildman–Crippen LogP) is 3.73. The first-order valence-electron chi connectivity index (χ1n) is 15.7. The largest absolute Gasteiger partial charge is 0.369 e. The second-order valence-corrected chi connectivity index (χ2v) is 13.0. The van der Waals surface area contributed by atoms with E-state index in [4.69, 9.17) is 12.6 Å². The number of hydrogen-bond donors (Lipinski definition) is 4. The number of H-pyrrole nitrogens is 1. The van der Waals surface area contributed by atoms with Crippen molar-refractivity contribution in [3.05, 3.63) is 76.5 Å². The van der Waals surface area contributed by atoms with Crippen LogP contribution >= 0.6 is 12.6 Å². The maximum Gasteiger partial charge on any atom is 0.243 e. The van der Waals surface area contributed by atoms with Crippen molar-refractivity contribution >= 4 is 41.9 Å². The molecule has 3 N–H and O–H groups in total. The molecule has 1 aliphatic carbocycles. The lowest BCUT2D eigenvalue weighted by Crippen LogP contribution is -2.51. The van der Waals surface area contributed by atoms with Gasteiger partial charge in [0.2, 0.25) is 17.7 Å². The molecule has 2 aromatic carbocycles. The molecule has 230 valence electrons. The molecule has 7 rings (SSSR count). The van der Waals surface area contributed by atoms with Gasteiger partial charge in [-0.3, -0.25) is 34.6 Å². The van der Waals surface area contributed by atoms with Gasteiger partial charge in [0.1, 0.15) is 0 Å². The molecule has 3 aliphatic heterocycles. The number of aromatic nitrogens is 2. The number of thiol groups is 1. The Hall–Kier alpha value is -3.67. The first kappa shape index (κ1) is 29.1. The maximum absolute atomic E-state index is 12.6. The quantitative estimate of drug-likeness (QED) is 0.226. The van der Waals surface area contributed by atoms with Crippen LogP contribution in [0.2, 0.25) is 0 Å². The molecule has 1 saturated carbocycles. The van der Waals surface area contributed by atoms with Crippen LogP contribution in [0.15, 0.2) is 48.5 Å². The normalized spacial score (nSPS) is 22.9. The third-order valence-electron chi connectivity index (χ3n) is 9.70. The van der Waals surface area contributed by atoms with E-state index < -0.39 is 0 Å². The van der Waals surface area contributed by atoms with Crippen molar-refractivity contribution in [1.29, 1.82) is 0 Å². The Morgan fingerprint density at radius 2 is 1.82 bits per heavy atom. The summed E-state index contributed by atoms with van der Waals surface area (Å²) in [4.78, 5) is 43.8.